The van der Waals surface area contributed by atoms with E-state index < -0.39 is 0 Å². The maximum atomic E-state index is 5.66. The molecule has 0 amide bonds. The van der Waals surface area contributed by atoms with E-state index in [1.165, 1.54) is 0 Å². The van der Waals surface area contributed by atoms with E-state index >= 15 is 0 Å². The lowest BCUT2D eigenvalue weighted by Gasteiger charge is -2.24. The second-order valence-corrected chi connectivity index (χ2v) is 2.94. The highest BCUT2D eigenvalue weighted by Gasteiger charge is 2.17. The lowest BCUT2D eigenvalue weighted by molar-refractivity contribution is 0.123. The number of hydrogen-bond acceptors (Lipinski definition) is 2. The maximum Gasteiger partial charge on any atom is 0.162 e. The summed E-state index contributed by atoms with van der Waals surface area (Å²) in [5.41, 5.74) is 0. The van der Waals surface area contributed by atoms with E-state index in [2.05, 4.69) is 0 Å². The Bertz CT molecular complexity index is 318. The van der Waals surface area contributed by atoms with Crippen molar-refractivity contribution in [2.75, 3.05) is 6.61 Å². The topological polar surface area (TPSA) is 18.5 Å². The van der Waals surface area contributed by atoms with Crippen LogP contribution in [-0.2, 0) is 0 Å². The van der Waals surface area contributed by atoms with Crippen molar-refractivity contribution in [2.24, 2.45) is 0 Å². The number of para-hydroxylation sites is 2. The number of hydrogen-bond donors (Lipinski definition) is 0. The molecule has 2 heteroatoms. The molecule has 0 aromatic heterocycles. The van der Waals surface area contributed by atoms with Crippen molar-refractivity contribution in [3.63, 3.8) is 0 Å². The fourth-order valence-corrected chi connectivity index (χ4v) is 1.35. The van der Waals surface area contributed by atoms with E-state index in [1.54, 1.807) is 0 Å². The van der Waals surface area contributed by atoms with Crippen molar-refractivity contribution < 1.29 is 9.47 Å². The fraction of sp³-hybridized carbons (Fsp3) is 0.273. The first kappa shape index (κ1) is 8.17. The first-order valence-electron chi connectivity index (χ1n) is 4.41. The summed E-state index contributed by atoms with van der Waals surface area (Å²) in [5, 5.41) is 0. The van der Waals surface area contributed by atoms with Gasteiger partial charge in [0.05, 0.1) is 0 Å². The third kappa shape index (κ3) is 1.66. The predicted octanol–water partition coefficient (Wildman–Crippen LogP) is 2.40. The van der Waals surface area contributed by atoms with Gasteiger partial charge in [-0.2, -0.15) is 0 Å². The second-order valence-electron chi connectivity index (χ2n) is 2.94. The van der Waals surface area contributed by atoms with Crippen molar-refractivity contribution in [3.8, 4) is 11.5 Å². The Morgan fingerprint density at radius 3 is 2.85 bits per heavy atom. The highest BCUT2D eigenvalue weighted by Crippen LogP contribution is 2.30. The molecule has 1 aliphatic heterocycles. The molecule has 0 bridgehead atoms. The van der Waals surface area contributed by atoms with Gasteiger partial charge in [-0.15, -0.1) is 0 Å². The minimum Gasteiger partial charge on any atom is -0.485 e. The molecule has 1 aromatic rings. The van der Waals surface area contributed by atoms with Gasteiger partial charge in [0.2, 0.25) is 0 Å². The molecule has 1 unspecified atom stereocenters. The SMILES string of the molecule is C/C=C\C1COc2ccccc2O1. The lowest BCUT2D eigenvalue weighted by atomic mass is 10.2. The van der Waals surface area contributed by atoms with Crippen molar-refractivity contribution in [1.82, 2.24) is 0 Å². The average molecular weight is 176 g/mol. The van der Waals surface area contributed by atoms with Gasteiger partial charge in [0.1, 0.15) is 6.61 Å². The van der Waals surface area contributed by atoms with Gasteiger partial charge >= 0.3 is 0 Å². The van der Waals surface area contributed by atoms with Crippen LogP contribution in [0.25, 0.3) is 0 Å². The minimum absolute atomic E-state index is 0.0555. The number of fused-ring (bicyclic) bond motifs is 1. The predicted molar refractivity (Wildman–Crippen MR) is 51.2 cm³/mol. The molecular formula is C11H12O2. The van der Waals surface area contributed by atoms with E-state index in [-0.39, 0.29) is 6.10 Å². The minimum atomic E-state index is 0.0555. The summed E-state index contributed by atoms with van der Waals surface area (Å²) in [4.78, 5) is 0. The summed E-state index contributed by atoms with van der Waals surface area (Å²) in [6, 6.07) is 7.73. The van der Waals surface area contributed by atoms with Crippen LogP contribution in [0.3, 0.4) is 0 Å². The summed E-state index contributed by atoms with van der Waals surface area (Å²) in [6.45, 7) is 2.57. The molecule has 0 fully saturated rings. The molecule has 1 aromatic carbocycles. The summed E-state index contributed by atoms with van der Waals surface area (Å²) >= 11 is 0. The summed E-state index contributed by atoms with van der Waals surface area (Å²) in [6.07, 6.45) is 4.03. The van der Waals surface area contributed by atoms with Crippen molar-refractivity contribution in [2.45, 2.75) is 13.0 Å². The van der Waals surface area contributed by atoms with Gasteiger partial charge in [0.25, 0.3) is 0 Å². The Morgan fingerprint density at radius 1 is 1.31 bits per heavy atom. The van der Waals surface area contributed by atoms with E-state index in [9.17, 15) is 0 Å². The second kappa shape index (κ2) is 3.52. The molecule has 0 saturated carbocycles. The Morgan fingerprint density at radius 2 is 2.08 bits per heavy atom. The summed E-state index contributed by atoms with van der Waals surface area (Å²) in [7, 11) is 0. The molecule has 68 valence electrons. The number of rotatable bonds is 1. The Hall–Kier alpha value is -1.44. The average Bonchev–Trinajstić information content (AvgIpc) is 2.18. The molecule has 1 heterocycles. The van der Waals surface area contributed by atoms with Gasteiger partial charge in [-0.1, -0.05) is 18.2 Å². The van der Waals surface area contributed by atoms with Gasteiger partial charge in [-0.25, -0.2) is 0 Å². The summed E-state index contributed by atoms with van der Waals surface area (Å²) < 4.78 is 11.2. The molecule has 0 saturated heterocycles. The van der Waals surface area contributed by atoms with Gasteiger partial charge < -0.3 is 9.47 Å². The fourth-order valence-electron chi connectivity index (χ4n) is 1.35. The summed E-state index contributed by atoms with van der Waals surface area (Å²) in [5.74, 6) is 1.67. The number of benzene rings is 1. The zero-order chi connectivity index (χ0) is 9.10. The maximum absolute atomic E-state index is 5.66. The monoisotopic (exact) mass is 176 g/mol. The Labute approximate surface area is 77.8 Å². The van der Waals surface area contributed by atoms with Crippen LogP contribution in [0.2, 0.25) is 0 Å². The highest BCUT2D eigenvalue weighted by molar-refractivity contribution is 5.41. The number of ether oxygens (including phenoxy) is 2. The smallest absolute Gasteiger partial charge is 0.162 e. The molecule has 1 aliphatic rings. The zero-order valence-electron chi connectivity index (χ0n) is 7.57. The van der Waals surface area contributed by atoms with Crippen LogP contribution in [0, 0.1) is 0 Å². The molecular weight excluding hydrogens is 164 g/mol. The van der Waals surface area contributed by atoms with Gasteiger partial charge in [0.15, 0.2) is 17.6 Å². The van der Waals surface area contributed by atoms with Gasteiger partial charge in [-0.3, -0.25) is 0 Å². The van der Waals surface area contributed by atoms with Crippen molar-refractivity contribution in [1.29, 1.82) is 0 Å². The highest BCUT2D eigenvalue weighted by atomic mass is 16.6. The Kier molecular flexibility index (Phi) is 2.21. The van der Waals surface area contributed by atoms with Crippen LogP contribution < -0.4 is 9.47 Å². The number of allylic oxidation sites excluding steroid dienone is 1. The molecule has 2 rings (SSSR count). The third-order valence-electron chi connectivity index (χ3n) is 1.94. The molecule has 13 heavy (non-hydrogen) atoms. The van der Waals surface area contributed by atoms with Crippen LogP contribution in [0.5, 0.6) is 11.5 Å². The van der Waals surface area contributed by atoms with E-state index in [0.29, 0.717) is 6.61 Å². The van der Waals surface area contributed by atoms with Crippen LogP contribution in [-0.4, -0.2) is 12.7 Å². The molecule has 2 nitrogen and oxygen atoms in total. The van der Waals surface area contributed by atoms with Crippen LogP contribution in [0.1, 0.15) is 6.92 Å². The first-order chi connectivity index (χ1) is 6.40. The largest absolute Gasteiger partial charge is 0.485 e. The molecule has 0 spiro atoms. The molecule has 0 radical (unpaired) electrons. The standard InChI is InChI=1S/C11H12O2/c1-2-5-9-8-12-10-6-3-4-7-11(10)13-9/h2-7,9H,8H2,1H3/b5-2-. The van der Waals surface area contributed by atoms with Gasteiger partial charge in [0, 0.05) is 0 Å². The van der Waals surface area contributed by atoms with Crippen molar-refractivity contribution >= 4 is 0 Å². The Balaban J connectivity index is 2.19. The van der Waals surface area contributed by atoms with E-state index in [4.69, 9.17) is 9.47 Å². The quantitative estimate of drug-likeness (QED) is 0.612. The first-order valence-corrected chi connectivity index (χ1v) is 4.41. The van der Waals surface area contributed by atoms with Crippen LogP contribution in [0.4, 0.5) is 0 Å². The van der Waals surface area contributed by atoms with Crippen LogP contribution >= 0.6 is 0 Å². The molecule has 0 aliphatic carbocycles. The lowest BCUT2D eigenvalue weighted by Crippen LogP contribution is -2.26. The van der Waals surface area contributed by atoms with E-state index in [1.807, 2.05) is 43.3 Å². The van der Waals surface area contributed by atoms with E-state index in [0.717, 1.165) is 11.5 Å². The van der Waals surface area contributed by atoms with Gasteiger partial charge in [-0.05, 0) is 25.1 Å². The molecule has 0 N–H and O–H groups in total. The normalized spacial score (nSPS) is 20.5. The third-order valence-corrected chi connectivity index (χ3v) is 1.94. The molecule has 1 atom stereocenters. The zero-order valence-corrected chi connectivity index (χ0v) is 7.57. The van der Waals surface area contributed by atoms with Crippen LogP contribution in [0.15, 0.2) is 36.4 Å². The van der Waals surface area contributed by atoms with Crippen molar-refractivity contribution in [3.05, 3.63) is 36.4 Å².